The van der Waals surface area contributed by atoms with E-state index < -0.39 is 17.2 Å². The van der Waals surface area contributed by atoms with Crippen molar-refractivity contribution in [2.45, 2.75) is 33.4 Å². The molecule has 0 bridgehead atoms. The van der Waals surface area contributed by atoms with Gasteiger partial charge in [0.15, 0.2) is 5.69 Å². The smallest absolute Gasteiger partial charge is 0.330 e. The Balaban J connectivity index is 2.04. The molecule has 0 aliphatic carbocycles. The highest BCUT2D eigenvalue weighted by molar-refractivity contribution is 7.07. The quantitative estimate of drug-likeness (QED) is 0.583. The average Bonchev–Trinajstić information content (AvgIpc) is 3.03. The fraction of sp³-hybridized carbons (Fsp3) is 0.300. The molecule has 9 nitrogen and oxygen atoms in total. The fourth-order valence-electron chi connectivity index (χ4n) is 3.16. The van der Waals surface area contributed by atoms with Gasteiger partial charge in [-0.25, -0.2) is 4.79 Å². The van der Waals surface area contributed by atoms with Gasteiger partial charge in [-0.05, 0) is 18.9 Å². The Kier molecular flexibility index (Phi) is 6.36. The van der Waals surface area contributed by atoms with E-state index >= 15 is 0 Å². The number of aromatic amines is 1. The maximum Gasteiger partial charge on any atom is 0.330 e. The standard InChI is InChI=1S/C20H23N5O4S/c1-3-9-23(15(26)11-24-13(2)12-30-20(24)29)16-17(21)25(19(28)22-18(16)27)10-14-7-5-4-6-8-14/h4-8,12H,3,9-11,21H2,1-2H3,(H,22,27,28). The van der Waals surface area contributed by atoms with Gasteiger partial charge >= 0.3 is 10.6 Å². The summed E-state index contributed by atoms with van der Waals surface area (Å²) in [5.74, 6) is -0.550. The van der Waals surface area contributed by atoms with Crippen molar-refractivity contribution in [1.82, 2.24) is 14.1 Å². The van der Waals surface area contributed by atoms with E-state index in [1.807, 2.05) is 37.3 Å². The molecule has 0 unspecified atom stereocenters. The lowest BCUT2D eigenvalue weighted by Crippen LogP contribution is -2.43. The Hall–Kier alpha value is -3.40. The molecule has 0 saturated carbocycles. The monoisotopic (exact) mass is 429 g/mol. The van der Waals surface area contributed by atoms with Crippen molar-refractivity contribution >= 4 is 28.7 Å². The van der Waals surface area contributed by atoms with E-state index in [1.54, 1.807) is 12.3 Å². The first-order valence-electron chi connectivity index (χ1n) is 9.45. The molecule has 10 heteroatoms. The maximum absolute atomic E-state index is 13.0. The van der Waals surface area contributed by atoms with Crippen molar-refractivity contribution in [2.75, 3.05) is 17.2 Å². The molecule has 158 valence electrons. The fourth-order valence-corrected chi connectivity index (χ4v) is 3.90. The van der Waals surface area contributed by atoms with Crippen LogP contribution in [-0.4, -0.2) is 26.6 Å². The molecule has 3 rings (SSSR count). The van der Waals surface area contributed by atoms with Crippen LogP contribution in [0.1, 0.15) is 24.6 Å². The van der Waals surface area contributed by atoms with Gasteiger partial charge in [0, 0.05) is 17.6 Å². The van der Waals surface area contributed by atoms with Gasteiger partial charge in [-0.2, -0.15) is 0 Å². The zero-order valence-corrected chi connectivity index (χ0v) is 17.6. The first-order chi connectivity index (χ1) is 14.3. The minimum atomic E-state index is -0.738. The van der Waals surface area contributed by atoms with Crippen molar-refractivity contribution < 1.29 is 4.79 Å². The number of nitrogens with zero attached hydrogens (tertiary/aromatic N) is 3. The van der Waals surface area contributed by atoms with Crippen LogP contribution < -0.4 is 26.8 Å². The molecule has 3 N–H and O–H groups in total. The molecule has 1 aromatic carbocycles. The first-order valence-corrected chi connectivity index (χ1v) is 10.3. The number of nitrogens with one attached hydrogen (secondary N) is 1. The van der Waals surface area contributed by atoms with Gasteiger partial charge in [0.1, 0.15) is 12.4 Å². The Bertz CT molecular complexity index is 1220. The number of carbonyl (C=O) groups is 1. The van der Waals surface area contributed by atoms with Crippen molar-refractivity contribution in [1.29, 1.82) is 0 Å². The lowest BCUT2D eigenvalue weighted by molar-refractivity contribution is -0.119. The minimum absolute atomic E-state index is 0.0849. The summed E-state index contributed by atoms with van der Waals surface area (Å²) in [6.45, 7) is 3.73. The Morgan fingerprint density at radius 1 is 1.17 bits per heavy atom. The maximum atomic E-state index is 13.0. The topological polar surface area (TPSA) is 123 Å². The van der Waals surface area contributed by atoms with Gasteiger partial charge in [-0.1, -0.05) is 48.6 Å². The van der Waals surface area contributed by atoms with Crippen molar-refractivity contribution in [3.05, 3.63) is 77.5 Å². The lowest BCUT2D eigenvalue weighted by Gasteiger charge is -2.24. The van der Waals surface area contributed by atoms with Crippen molar-refractivity contribution in [3.8, 4) is 0 Å². The normalized spacial score (nSPS) is 10.9. The number of anilines is 2. The third kappa shape index (κ3) is 4.28. The first kappa shape index (κ1) is 21.3. The number of amides is 1. The number of hydrogen-bond acceptors (Lipinski definition) is 6. The van der Waals surface area contributed by atoms with Gasteiger partial charge in [-0.15, -0.1) is 0 Å². The minimum Gasteiger partial charge on any atom is -0.383 e. The molecule has 3 aromatic rings. The molecule has 0 radical (unpaired) electrons. The predicted molar refractivity (Wildman–Crippen MR) is 117 cm³/mol. The Morgan fingerprint density at radius 3 is 2.47 bits per heavy atom. The number of nitrogens with two attached hydrogens (primary N) is 1. The van der Waals surface area contributed by atoms with Gasteiger partial charge in [0.25, 0.3) is 5.56 Å². The van der Waals surface area contributed by atoms with Crippen LogP contribution in [0.4, 0.5) is 11.5 Å². The van der Waals surface area contributed by atoms with Crippen LogP contribution in [0.2, 0.25) is 0 Å². The molecule has 0 atom stereocenters. The van der Waals surface area contributed by atoms with Crippen LogP contribution in [0.3, 0.4) is 0 Å². The summed E-state index contributed by atoms with van der Waals surface area (Å²) in [4.78, 5) is 53.3. The van der Waals surface area contributed by atoms with Crippen LogP contribution in [-0.2, 0) is 17.9 Å². The number of benzene rings is 1. The number of nitrogen functional groups attached to an aromatic ring is 1. The highest BCUT2D eigenvalue weighted by atomic mass is 32.1. The Labute approximate surface area is 176 Å². The summed E-state index contributed by atoms with van der Waals surface area (Å²) in [5, 5.41) is 1.67. The van der Waals surface area contributed by atoms with Gasteiger partial charge in [-0.3, -0.25) is 28.5 Å². The lowest BCUT2D eigenvalue weighted by atomic mass is 10.2. The molecule has 0 spiro atoms. The van der Waals surface area contributed by atoms with Crippen molar-refractivity contribution in [3.63, 3.8) is 0 Å². The summed E-state index contributed by atoms with van der Waals surface area (Å²) < 4.78 is 2.57. The second-order valence-electron chi connectivity index (χ2n) is 6.84. The molecule has 2 aromatic heterocycles. The summed E-state index contributed by atoms with van der Waals surface area (Å²) >= 11 is 1.00. The highest BCUT2D eigenvalue weighted by Gasteiger charge is 2.24. The van der Waals surface area contributed by atoms with Crippen LogP contribution in [0.5, 0.6) is 0 Å². The number of H-pyrrole nitrogens is 1. The van der Waals surface area contributed by atoms with Gasteiger partial charge in [0.2, 0.25) is 5.91 Å². The summed E-state index contributed by atoms with van der Waals surface area (Å²) in [5.41, 5.74) is 6.22. The number of thiazole rings is 1. The SMILES string of the molecule is CCCN(C(=O)Cn1c(C)csc1=O)c1c(N)n(Cc2ccccc2)c(=O)[nH]c1=O. The molecule has 0 saturated heterocycles. The number of rotatable bonds is 7. The molecule has 0 aliphatic heterocycles. The molecular weight excluding hydrogens is 406 g/mol. The summed E-state index contributed by atoms with van der Waals surface area (Å²) in [7, 11) is 0. The molecule has 0 fully saturated rings. The Morgan fingerprint density at radius 2 is 1.87 bits per heavy atom. The van der Waals surface area contributed by atoms with Gasteiger partial charge in [0.05, 0.1) is 6.54 Å². The zero-order valence-electron chi connectivity index (χ0n) is 16.8. The number of aryl methyl sites for hydroxylation is 1. The number of carbonyl (C=O) groups excluding carboxylic acids is 1. The molecule has 30 heavy (non-hydrogen) atoms. The second kappa shape index (κ2) is 8.95. The van der Waals surface area contributed by atoms with Gasteiger partial charge < -0.3 is 10.6 Å². The third-order valence-electron chi connectivity index (χ3n) is 4.69. The zero-order chi connectivity index (χ0) is 21.8. The summed E-state index contributed by atoms with van der Waals surface area (Å²) in [6, 6.07) is 9.17. The average molecular weight is 430 g/mol. The van der Waals surface area contributed by atoms with Crippen LogP contribution in [0.15, 0.2) is 50.1 Å². The van der Waals surface area contributed by atoms with E-state index in [1.165, 1.54) is 14.0 Å². The predicted octanol–water partition coefficient (Wildman–Crippen LogP) is 1.14. The van der Waals surface area contributed by atoms with Crippen LogP contribution in [0, 0.1) is 6.92 Å². The summed E-state index contributed by atoms with van der Waals surface area (Å²) in [6.07, 6.45) is 0.556. The van der Waals surface area contributed by atoms with E-state index in [9.17, 15) is 19.2 Å². The highest BCUT2D eigenvalue weighted by Crippen LogP contribution is 2.19. The third-order valence-corrected chi connectivity index (χ3v) is 5.57. The largest absolute Gasteiger partial charge is 0.383 e. The van der Waals surface area contributed by atoms with Crippen LogP contribution in [0.25, 0.3) is 0 Å². The van der Waals surface area contributed by atoms with E-state index in [2.05, 4.69) is 4.98 Å². The molecular formula is C20H23N5O4S. The van der Waals surface area contributed by atoms with Crippen LogP contribution >= 0.6 is 11.3 Å². The number of hydrogen-bond donors (Lipinski definition) is 2. The molecule has 0 aliphatic rings. The van der Waals surface area contributed by atoms with Crippen molar-refractivity contribution in [2.24, 2.45) is 0 Å². The number of aromatic nitrogens is 3. The van der Waals surface area contributed by atoms with E-state index in [4.69, 9.17) is 5.73 Å². The molecule has 1 amide bonds. The second-order valence-corrected chi connectivity index (χ2v) is 7.66. The van der Waals surface area contributed by atoms with E-state index in [0.29, 0.717) is 12.1 Å². The van der Waals surface area contributed by atoms with E-state index in [0.717, 1.165) is 16.9 Å². The van der Waals surface area contributed by atoms with E-state index in [-0.39, 0.29) is 36.0 Å². The molecule has 2 heterocycles.